The Balaban J connectivity index is 2.19. The van der Waals surface area contributed by atoms with Gasteiger partial charge in [-0.15, -0.1) is 0 Å². The minimum atomic E-state index is -0.770. The van der Waals surface area contributed by atoms with E-state index >= 15 is 0 Å². The van der Waals surface area contributed by atoms with Crippen molar-refractivity contribution in [2.75, 3.05) is 20.1 Å². The molecule has 0 bridgehead atoms. The molecule has 108 valence electrons. The Labute approximate surface area is 118 Å². The first-order valence-electron chi connectivity index (χ1n) is 6.61. The normalized spacial score (nSPS) is 19.6. The van der Waals surface area contributed by atoms with Gasteiger partial charge in [0.05, 0.1) is 0 Å². The van der Waals surface area contributed by atoms with Gasteiger partial charge in [-0.1, -0.05) is 23.4 Å². The summed E-state index contributed by atoms with van der Waals surface area (Å²) >= 11 is 0. The smallest absolute Gasteiger partial charge is 0.252 e. The highest BCUT2D eigenvalue weighted by molar-refractivity contribution is 6.00. The Bertz CT molecular complexity index is 493. The van der Waals surface area contributed by atoms with Crippen LogP contribution in [0.3, 0.4) is 0 Å². The highest BCUT2D eigenvalue weighted by Gasteiger charge is 2.39. The quantitative estimate of drug-likeness (QED) is 0.327. The van der Waals surface area contributed by atoms with E-state index in [1.807, 2.05) is 13.1 Å². The number of likely N-dealkylation sites (tertiary alicyclic amines) is 1. The molecule has 2 rings (SSSR count). The molecule has 1 aliphatic rings. The summed E-state index contributed by atoms with van der Waals surface area (Å²) < 4.78 is 0. The van der Waals surface area contributed by atoms with Crippen molar-refractivity contribution in [1.82, 2.24) is 10.2 Å². The van der Waals surface area contributed by atoms with Crippen molar-refractivity contribution in [3.05, 3.63) is 35.9 Å². The molecule has 1 heterocycles. The lowest BCUT2D eigenvalue weighted by Crippen LogP contribution is -2.62. The van der Waals surface area contributed by atoms with E-state index in [1.54, 1.807) is 24.3 Å². The maximum atomic E-state index is 12.3. The molecular formula is C14H20N4O2. The number of hydrogen-bond acceptors (Lipinski definition) is 4. The first-order chi connectivity index (χ1) is 9.57. The molecule has 6 nitrogen and oxygen atoms in total. The van der Waals surface area contributed by atoms with Gasteiger partial charge in [0.1, 0.15) is 5.54 Å². The Morgan fingerprint density at radius 2 is 1.95 bits per heavy atom. The van der Waals surface area contributed by atoms with Crippen LogP contribution in [0, 0.1) is 0 Å². The van der Waals surface area contributed by atoms with Gasteiger partial charge >= 0.3 is 0 Å². The van der Waals surface area contributed by atoms with Gasteiger partial charge in [0.25, 0.3) is 5.91 Å². The number of rotatable bonds is 3. The van der Waals surface area contributed by atoms with E-state index in [9.17, 15) is 4.79 Å². The summed E-state index contributed by atoms with van der Waals surface area (Å²) in [4.78, 5) is 14.5. The highest BCUT2D eigenvalue weighted by atomic mass is 16.4. The van der Waals surface area contributed by atoms with Crippen LogP contribution in [0.15, 0.2) is 35.5 Å². The summed E-state index contributed by atoms with van der Waals surface area (Å²) in [6, 6.07) is 8.94. The number of piperidine rings is 1. The molecule has 0 saturated carbocycles. The molecule has 0 aromatic heterocycles. The number of amidine groups is 1. The van der Waals surface area contributed by atoms with Crippen molar-refractivity contribution < 1.29 is 10.0 Å². The second kappa shape index (κ2) is 5.92. The second-order valence-corrected chi connectivity index (χ2v) is 5.19. The van der Waals surface area contributed by atoms with Crippen LogP contribution in [-0.2, 0) is 0 Å². The number of hydrogen-bond donors (Lipinski definition) is 3. The molecule has 20 heavy (non-hydrogen) atoms. The largest absolute Gasteiger partial charge is 0.409 e. The Hall–Kier alpha value is -2.08. The maximum Gasteiger partial charge on any atom is 0.252 e. The fourth-order valence-corrected chi connectivity index (χ4v) is 2.42. The van der Waals surface area contributed by atoms with Crippen LogP contribution in [0.2, 0.25) is 0 Å². The second-order valence-electron chi connectivity index (χ2n) is 5.19. The third kappa shape index (κ3) is 2.91. The molecule has 0 aliphatic carbocycles. The summed E-state index contributed by atoms with van der Waals surface area (Å²) in [6.07, 6.45) is 1.25. The van der Waals surface area contributed by atoms with Crippen LogP contribution < -0.4 is 11.1 Å². The lowest BCUT2D eigenvalue weighted by molar-refractivity contribution is 0.0886. The topological polar surface area (TPSA) is 91.0 Å². The van der Waals surface area contributed by atoms with Gasteiger partial charge in [0.15, 0.2) is 5.84 Å². The molecule has 6 heteroatoms. The summed E-state index contributed by atoms with van der Waals surface area (Å²) in [5, 5.41) is 15.1. The Kier molecular flexibility index (Phi) is 4.24. The van der Waals surface area contributed by atoms with E-state index in [1.165, 1.54) is 0 Å². The molecule has 1 saturated heterocycles. The van der Waals surface area contributed by atoms with Crippen molar-refractivity contribution in [1.29, 1.82) is 0 Å². The van der Waals surface area contributed by atoms with Crippen molar-refractivity contribution in [3.8, 4) is 0 Å². The molecule has 0 radical (unpaired) electrons. The van der Waals surface area contributed by atoms with E-state index in [4.69, 9.17) is 10.9 Å². The van der Waals surface area contributed by atoms with Gasteiger partial charge in [-0.25, -0.2) is 0 Å². The summed E-state index contributed by atoms with van der Waals surface area (Å²) in [7, 11) is 2.01. The number of nitrogens with two attached hydrogens (primary N) is 1. The van der Waals surface area contributed by atoms with Crippen molar-refractivity contribution in [3.63, 3.8) is 0 Å². The predicted molar refractivity (Wildman–Crippen MR) is 76.8 cm³/mol. The van der Waals surface area contributed by atoms with Crippen LogP contribution in [0.5, 0.6) is 0 Å². The fourth-order valence-electron chi connectivity index (χ4n) is 2.42. The van der Waals surface area contributed by atoms with Crippen LogP contribution in [0.4, 0.5) is 0 Å². The van der Waals surface area contributed by atoms with Gasteiger partial charge in [0, 0.05) is 18.7 Å². The van der Waals surface area contributed by atoms with Crippen molar-refractivity contribution >= 4 is 11.7 Å². The minimum absolute atomic E-state index is 0.0647. The van der Waals surface area contributed by atoms with Gasteiger partial charge in [-0.3, -0.25) is 4.79 Å². The first-order valence-corrected chi connectivity index (χ1v) is 6.61. The molecule has 1 aromatic rings. The van der Waals surface area contributed by atoms with Gasteiger partial charge < -0.3 is 21.2 Å². The lowest BCUT2D eigenvalue weighted by Gasteiger charge is -2.40. The molecular weight excluding hydrogens is 256 g/mol. The first kappa shape index (κ1) is 14.3. The fraction of sp³-hybridized carbons (Fsp3) is 0.429. The number of amides is 1. The van der Waals surface area contributed by atoms with Crippen LogP contribution in [0.1, 0.15) is 23.2 Å². The molecule has 1 aromatic carbocycles. The van der Waals surface area contributed by atoms with Gasteiger partial charge in [-0.2, -0.15) is 0 Å². The summed E-state index contributed by atoms with van der Waals surface area (Å²) in [6.45, 7) is 1.57. The van der Waals surface area contributed by atoms with Crippen LogP contribution >= 0.6 is 0 Å². The standard InChI is InChI=1S/C14H20N4O2/c1-18-9-7-14(8-10-18,13(15)17-20)16-12(19)11-5-3-2-4-6-11/h2-6,20H,7-10H2,1H3,(H2,15,17)(H,16,19). The zero-order chi connectivity index (χ0) is 14.6. The molecule has 0 spiro atoms. The molecule has 1 fully saturated rings. The van der Waals surface area contributed by atoms with Gasteiger partial charge in [0.2, 0.25) is 0 Å². The van der Waals surface area contributed by atoms with Gasteiger partial charge in [-0.05, 0) is 32.0 Å². The molecule has 0 atom stereocenters. The third-order valence-electron chi connectivity index (χ3n) is 3.83. The van der Waals surface area contributed by atoms with E-state index in [0.29, 0.717) is 18.4 Å². The van der Waals surface area contributed by atoms with Crippen LogP contribution in [-0.4, -0.2) is 47.5 Å². The number of nitrogens with one attached hydrogen (secondary N) is 1. The van der Waals surface area contributed by atoms with Crippen molar-refractivity contribution in [2.45, 2.75) is 18.4 Å². The average Bonchev–Trinajstić information content (AvgIpc) is 2.49. The van der Waals surface area contributed by atoms with E-state index < -0.39 is 5.54 Å². The predicted octanol–water partition coefficient (Wildman–Crippen LogP) is 0.627. The van der Waals surface area contributed by atoms with E-state index in [-0.39, 0.29) is 11.7 Å². The third-order valence-corrected chi connectivity index (χ3v) is 3.83. The summed E-state index contributed by atoms with van der Waals surface area (Å²) in [5.41, 5.74) is 5.62. The molecule has 4 N–H and O–H groups in total. The SMILES string of the molecule is CN1CCC(NC(=O)c2ccccc2)(C(N)=NO)CC1. The van der Waals surface area contributed by atoms with E-state index in [0.717, 1.165) is 13.1 Å². The monoisotopic (exact) mass is 276 g/mol. The van der Waals surface area contributed by atoms with E-state index in [2.05, 4.69) is 15.4 Å². The molecule has 1 amide bonds. The number of carbonyl (C=O) groups is 1. The Morgan fingerprint density at radius 1 is 1.35 bits per heavy atom. The maximum absolute atomic E-state index is 12.3. The van der Waals surface area contributed by atoms with Crippen molar-refractivity contribution in [2.24, 2.45) is 10.9 Å². The summed E-state index contributed by atoms with van der Waals surface area (Å²) in [5.74, 6) is -0.142. The Morgan fingerprint density at radius 3 is 2.50 bits per heavy atom. The minimum Gasteiger partial charge on any atom is -0.409 e. The molecule has 1 aliphatic heterocycles. The zero-order valence-corrected chi connectivity index (χ0v) is 11.5. The molecule has 0 unspecified atom stereocenters. The zero-order valence-electron chi connectivity index (χ0n) is 11.5. The highest BCUT2D eigenvalue weighted by Crippen LogP contribution is 2.22. The number of oxime groups is 1. The number of benzene rings is 1. The average molecular weight is 276 g/mol. The van der Waals surface area contributed by atoms with Crippen LogP contribution in [0.25, 0.3) is 0 Å². The number of carbonyl (C=O) groups excluding carboxylic acids is 1. The lowest BCUT2D eigenvalue weighted by atomic mass is 9.86. The number of nitrogens with zero attached hydrogens (tertiary/aromatic N) is 2.